The highest BCUT2D eigenvalue weighted by Crippen LogP contribution is 1.96. The highest BCUT2D eigenvalue weighted by molar-refractivity contribution is 5.86. The van der Waals surface area contributed by atoms with E-state index in [1.54, 1.807) is 0 Å². The summed E-state index contributed by atoms with van der Waals surface area (Å²) < 4.78 is 0. The van der Waals surface area contributed by atoms with Crippen molar-refractivity contribution in [3.63, 3.8) is 0 Å². The zero-order valence-corrected chi connectivity index (χ0v) is 10.4. The Balaban J connectivity index is 2.17. The quantitative estimate of drug-likeness (QED) is 0.659. The van der Waals surface area contributed by atoms with Crippen LogP contribution in [0.5, 0.6) is 0 Å². The summed E-state index contributed by atoms with van der Waals surface area (Å²) in [6.45, 7) is 0.246. The third kappa shape index (κ3) is 6.82. The minimum absolute atomic E-state index is 0.124. The molecule has 0 fully saturated rings. The lowest BCUT2D eigenvalue weighted by atomic mass is 10.2. The molecule has 0 aliphatic rings. The third-order valence-electron chi connectivity index (χ3n) is 2.34. The molecule has 6 nitrogen and oxygen atoms in total. The SMILES string of the molecule is O=C(O)CCC(=O)NCC(=O)NCc1ccccc1. The van der Waals surface area contributed by atoms with Crippen molar-refractivity contribution < 1.29 is 19.5 Å². The fraction of sp³-hybridized carbons (Fsp3) is 0.308. The Bertz CT molecular complexity index is 445. The summed E-state index contributed by atoms with van der Waals surface area (Å²) in [4.78, 5) is 32.8. The predicted octanol–water partition coefficient (Wildman–Crippen LogP) is 0.284. The Kier molecular flexibility index (Phi) is 6.08. The van der Waals surface area contributed by atoms with Gasteiger partial charge in [-0.3, -0.25) is 14.4 Å². The molecule has 2 amide bonds. The number of amides is 2. The van der Waals surface area contributed by atoms with E-state index in [1.807, 2.05) is 30.3 Å². The average molecular weight is 264 g/mol. The Morgan fingerprint density at radius 1 is 0.947 bits per heavy atom. The molecule has 0 bridgehead atoms. The molecule has 0 aliphatic carbocycles. The normalized spacial score (nSPS) is 9.68. The van der Waals surface area contributed by atoms with E-state index in [0.29, 0.717) is 6.54 Å². The van der Waals surface area contributed by atoms with E-state index in [2.05, 4.69) is 10.6 Å². The molecule has 0 heterocycles. The molecule has 0 atom stereocenters. The molecule has 0 radical (unpaired) electrons. The minimum atomic E-state index is -1.04. The van der Waals surface area contributed by atoms with Crippen LogP contribution in [0.1, 0.15) is 18.4 Å². The van der Waals surface area contributed by atoms with Crippen molar-refractivity contribution in [2.24, 2.45) is 0 Å². The molecule has 19 heavy (non-hydrogen) atoms. The van der Waals surface area contributed by atoms with Crippen molar-refractivity contribution in [3.05, 3.63) is 35.9 Å². The molecule has 0 aliphatic heterocycles. The van der Waals surface area contributed by atoms with Crippen LogP contribution in [0, 0.1) is 0 Å². The summed E-state index contributed by atoms with van der Waals surface area (Å²) in [7, 11) is 0. The first-order chi connectivity index (χ1) is 9.08. The van der Waals surface area contributed by atoms with Crippen molar-refractivity contribution >= 4 is 17.8 Å². The number of rotatable bonds is 7. The van der Waals surface area contributed by atoms with E-state index in [-0.39, 0.29) is 25.3 Å². The molecule has 1 aromatic carbocycles. The molecule has 1 aromatic rings. The Morgan fingerprint density at radius 3 is 2.26 bits per heavy atom. The first-order valence-corrected chi connectivity index (χ1v) is 5.87. The molecule has 0 aromatic heterocycles. The van der Waals surface area contributed by atoms with Crippen molar-refractivity contribution in [3.8, 4) is 0 Å². The van der Waals surface area contributed by atoms with Crippen molar-refractivity contribution in [2.45, 2.75) is 19.4 Å². The van der Waals surface area contributed by atoms with Gasteiger partial charge < -0.3 is 15.7 Å². The first-order valence-electron chi connectivity index (χ1n) is 5.87. The molecular formula is C13H16N2O4. The summed E-state index contributed by atoms with van der Waals surface area (Å²) in [6.07, 6.45) is -0.362. The molecule has 0 saturated carbocycles. The number of carbonyl (C=O) groups is 3. The summed E-state index contributed by atoms with van der Waals surface area (Å²) >= 11 is 0. The van der Waals surface area contributed by atoms with Gasteiger partial charge >= 0.3 is 5.97 Å². The maximum atomic E-state index is 11.4. The molecule has 3 N–H and O–H groups in total. The number of aliphatic carboxylic acids is 1. The van der Waals surface area contributed by atoms with Gasteiger partial charge in [-0.05, 0) is 5.56 Å². The second-order valence-corrected chi connectivity index (χ2v) is 3.93. The van der Waals surface area contributed by atoms with Crippen LogP contribution in [-0.2, 0) is 20.9 Å². The van der Waals surface area contributed by atoms with E-state index in [9.17, 15) is 14.4 Å². The standard InChI is InChI=1S/C13H16N2O4/c16-11(6-7-13(18)19)15-9-12(17)14-8-10-4-2-1-3-5-10/h1-5H,6-9H2,(H,14,17)(H,15,16)(H,18,19). The van der Waals surface area contributed by atoms with E-state index < -0.39 is 11.9 Å². The monoisotopic (exact) mass is 264 g/mol. The average Bonchev–Trinajstić information content (AvgIpc) is 2.41. The van der Waals surface area contributed by atoms with Crippen molar-refractivity contribution in [2.75, 3.05) is 6.54 Å². The van der Waals surface area contributed by atoms with Gasteiger partial charge in [0.15, 0.2) is 0 Å². The number of carboxylic acids is 1. The molecule has 0 spiro atoms. The Hall–Kier alpha value is -2.37. The van der Waals surface area contributed by atoms with Gasteiger partial charge in [0.05, 0.1) is 13.0 Å². The van der Waals surface area contributed by atoms with Gasteiger partial charge in [-0.2, -0.15) is 0 Å². The van der Waals surface area contributed by atoms with Crippen LogP contribution in [0.25, 0.3) is 0 Å². The Labute approximate surface area is 110 Å². The molecule has 1 rings (SSSR count). The van der Waals surface area contributed by atoms with Crippen LogP contribution < -0.4 is 10.6 Å². The number of hydrogen-bond acceptors (Lipinski definition) is 3. The molecule has 6 heteroatoms. The maximum Gasteiger partial charge on any atom is 0.303 e. The summed E-state index contributed by atoms with van der Waals surface area (Å²) in [5, 5.41) is 13.4. The van der Waals surface area contributed by atoms with E-state index >= 15 is 0 Å². The number of carbonyl (C=O) groups excluding carboxylic acids is 2. The second-order valence-electron chi connectivity index (χ2n) is 3.93. The topological polar surface area (TPSA) is 95.5 Å². The predicted molar refractivity (Wildman–Crippen MR) is 68.2 cm³/mol. The van der Waals surface area contributed by atoms with Crippen LogP contribution >= 0.6 is 0 Å². The minimum Gasteiger partial charge on any atom is -0.481 e. The number of hydrogen-bond donors (Lipinski definition) is 3. The number of carboxylic acid groups (broad SMARTS) is 1. The Morgan fingerprint density at radius 2 is 1.63 bits per heavy atom. The zero-order chi connectivity index (χ0) is 14.1. The van der Waals surface area contributed by atoms with Crippen molar-refractivity contribution in [1.82, 2.24) is 10.6 Å². The zero-order valence-electron chi connectivity index (χ0n) is 10.4. The van der Waals surface area contributed by atoms with E-state index in [0.717, 1.165) is 5.56 Å². The lowest BCUT2D eigenvalue weighted by Gasteiger charge is -2.06. The van der Waals surface area contributed by atoms with Gasteiger partial charge in [-0.1, -0.05) is 30.3 Å². The summed E-state index contributed by atoms with van der Waals surface area (Å²) in [5.74, 6) is -1.80. The van der Waals surface area contributed by atoms with Crippen LogP contribution in [0.3, 0.4) is 0 Å². The molecule has 0 saturated heterocycles. The summed E-state index contributed by atoms with van der Waals surface area (Å²) in [5.41, 5.74) is 0.966. The number of benzene rings is 1. The van der Waals surface area contributed by atoms with Gasteiger partial charge in [0.25, 0.3) is 0 Å². The fourth-order valence-electron chi connectivity index (χ4n) is 1.35. The smallest absolute Gasteiger partial charge is 0.303 e. The van der Waals surface area contributed by atoms with Crippen LogP contribution in [0.2, 0.25) is 0 Å². The highest BCUT2D eigenvalue weighted by atomic mass is 16.4. The van der Waals surface area contributed by atoms with Crippen molar-refractivity contribution in [1.29, 1.82) is 0 Å². The summed E-state index contributed by atoms with van der Waals surface area (Å²) in [6, 6.07) is 9.38. The van der Waals surface area contributed by atoms with Gasteiger partial charge in [0.2, 0.25) is 11.8 Å². The van der Waals surface area contributed by atoms with Gasteiger partial charge in [0, 0.05) is 13.0 Å². The fourth-order valence-corrected chi connectivity index (χ4v) is 1.35. The van der Waals surface area contributed by atoms with E-state index in [1.165, 1.54) is 0 Å². The molecule has 0 unspecified atom stereocenters. The maximum absolute atomic E-state index is 11.4. The van der Waals surface area contributed by atoms with Crippen LogP contribution in [0.4, 0.5) is 0 Å². The van der Waals surface area contributed by atoms with Gasteiger partial charge in [-0.15, -0.1) is 0 Å². The van der Waals surface area contributed by atoms with Crippen LogP contribution in [-0.4, -0.2) is 29.4 Å². The lowest BCUT2D eigenvalue weighted by molar-refractivity contribution is -0.138. The van der Waals surface area contributed by atoms with Crippen LogP contribution in [0.15, 0.2) is 30.3 Å². The second kappa shape index (κ2) is 7.86. The van der Waals surface area contributed by atoms with Gasteiger partial charge in [0.1, 0.15) is 0 Å². The first kappa shape index (κ1) is 14.7. The lowest BCUT2D eigenvalue weighted by Crippen LogP contribution is -2.36. The number of nitrogens with one attached hydrogen (secondary N) is 2. The highest BCUT2D eigenvalue weighted by Gasteiger charge is 2.07. The van der Waals surface area contributed by atoms with Gasteiger partial charge in [-0.25, -0.2) is 0 Å². The third-order valence-corrected chi connectivity index (χ3v) is 2.34. The molecular weight excluding hydrogens is 248 g/mol. The largest absolute Gasteiger partial charge is 0.481 e. The van der Waals surface area contributed by atoms with E-state index in [4.69, 9.17) is 5.11 Å². The molecule has 102 valence electrons.